The van der Waals surface area contributed by atoms with Crippen LogP contribution in [0.5, 0.6) is 0 Å². The fourth-order valence-corrected chi connectivity index (χ4v) is 2.10. The molecule has 1 fully saturated rings. The van der Waals surface area contributed by atoms with E-state index in [1.54, 1.807) is 6.07 Å². The van der Waals surface area contributed by atoms with E-state index < -0.39 is 0 Å². The number of nitrogens with zero attached hydrogens (tertiary/aromatic N) is 3. The van der Waals surface area contributed by atoms with Gasteiger partial charge in [0.15, 0.2) is 5.69 Å². The Kier molecular flexibility index (Phi) is 4.93. The van der Waals surface area contributed by atoms with Crippen LogP contribution >= 0.6 is 0 Å². The van der Waals surface area contributed by atoms with Crippen molar-refractivity contribution in [1.29, 1.82) is 0 Å². The van der Waals surface area contributed by atoms with E-state index in [0.29, 0.717) is 23.5 Å². The number of carbonyl (C=O) groups excluding carboxylic acids is 1. The van der Waals surface area contributed by atoms with Crippen molar-refractivity contribution >= 4 is 11.7 Å². The van der Waals surface area contributed by atoms with Crippen molar-refractivity contribution in [3.8, 4) is 0 Å². The molecule has 1 N–H and O–H groups in total. The van der Waals surface area contributed by atoms with Gasteiger partial charge in [-0.2, -0.15) is 0 Å². The molecule has 0 saturated heterocycles. The van der Waals surface area contributed by atoms with Crippen LogP contribution in [-0.4, -0.2) is 40.1 Å². The molecule has 110 valence electrons. The largest absolute Gasteiger partial charge is 0.369 e. The molecule has 2 rings (SSSR count). The maximum absolute atomic E-state index is 12.5. The number of hydrogen-bond donors (Lipinski definition) is 1. The first-order chi connectivity index (χ1) is 9.61. The first-order valence-corrected chi connectivity index (χ1v) is 7.50. The normalized spacial score (nSPS) is 14.4. The Morgan fingerprint density at radius 3 is 2.65 bits per heavy atom. The fourth-order valence-electron chi connectivity index (χ4n) is 2.10. The van der Waals surface area contributed by atoms with Crippen molar-refractivity contribution in [2.24, 2.45) is 5.92 Å². The Balaban J connectivity index is 2.02. The number of anilines is 1. The molecule has 0 bridgehead atoms. The van der Waals surface area contributed by atoms with Crippen molar-refractivity contribution in [2.75, 3.05) is 18.4 Å². The lowest BCUT2D eigenvalue weighted by molar-refractivity contribution is 0.0728. The predicted molar refractivity (Wildman–Crippen MR) is 79.7 cm³/mol. The van der Waals surface area contributed by atoms with Gasteiger partial charge < -0.3 is 10.2 Å². The summed E-state index contributed by atoms with van der Waals surface area (Å²) >= 11 is 0. The quantitative estimate of drug-likeness (QED) is 0.831. The Labute approximate surface area is 120 Å². The van der Waals surface area contributed by atoms with Gasteiger partial charge in [0.1, 0.15) is 5.82 Å². The summed E-state index contributed by atoms with van der Waals surface area (Å²) in [6, 6.07) is 3.99. The molecule has 1 saturated carbocycles. The molecule has 5 heteroatoms. The van der Waals surface area contributed by atoms with Gasteiger partial charge in [-0.05, 0) is 44.2 Å². The number of nitrogens with one attached hydrogen (secondary N) is 1. The molecule has 0 unspecified atom stereocenters. The summed E-state index contributed by atoms with van der Waals surface area (Å²) < 4.78 is 0. The summed E-state index contributed by atoms with van der Waals surface area (Å²) in [4.78, 5) is 14.5. The molecule has 20 heavy (non-hydrogen) atoms. The van der Waals surface area contributed by atoms with E-state index in [1.807, 2.05) is 17.9 Å². The van der Waals surface area contributed by atoms with E-state index in [-0.39, 0.29) is 5.91 Å². The van der Waals surface area contributed by atoms with Gasteiger partial charge in [0, 0.05) is 19.1 Å². The summed E-state index contributed by atoms with van der Waals surface area (Å²) in [5.74, 6) is 1.33. The molecule has 0 aromatic carbocycles. The lowest BCUT2D eigenvalue weighted by atomic mass is 10.1. The SMILES string of the molecule is CCNc1ccc(C(=O)N(CCC(C)C)C2CC2)nn1. The lowest BCUT2D eigenvalue weighted by Gasteiger charge is -2.22. The lowest BCUT2D eigenvalue weighted by Crippen LogP contribution is -2.35. The maximum Gasteiger partial charge on any atom is 0.274 e. The zero-order chi connectivity index (χ0) is 14.5. The van der Waals surface area contributed by atoms with Crippen LogP contribution in [0.4, 0.5) is 5.82 Å². The van der Waals surface area contributed by atoms with Crippen molar-refractivity contribution in [1.82, 2.24) is 15.1 Å². The molecular weight excluding hydrogens is 252 g/mol. The second-order valence-electron chi connectivity index (χ2n) is 5.75. The number of rotatable bonds is 7. The predicted octanol–water partition coefficient (Wildman–Crippen LogP) is 2.56. The Bertz CT molecular complexity index is 440. The monoisotopic (exact) mass is 276 g/mol. The van der Waals surface area contributed by atoms with Gasteiger partial charge >= 0.3 is 0 Å². The van der Waals surface area contributed by atoms with Crippen molar-refractivity contribution in [3.05, 3.63) is 17.8 Å². The standard InChI is InChI=1S/C15H24N4O/c1-4-16-14-8-7-13(17-18-14)15(20)19(12-5-6-12)10-9-11(2)3/h7-8,11-12H,4-6,9-10H2,1-3H3,(H,16,18). The third-order valence-electron chi connectivity index (χ3n) is 3.44. The minimum atomic E-state index is 0.0173. The van der Waals surface area contributed by atoms with Crippen LogP contribution < -0.4 is 5.32 Å². The van der Waals surface area contributed by atoms with Gasteiger partial charge in [0.05, 0.1) is 0 Å². The van der Waals surface area contributed by atoms with Crippen LogP contribution in [0.1, 0.15) is 50.5 Å². The minimum absolute atomic E-state index is 0.0173. The van der Waals surface area contributed by atoms with Gasteiger partial charge in [-0.25, -0.2) is 0 Å². The Hall–Kier alpha value is -1.65. The van der Waals surface area contributed by atoms with E-state index in [9.17, 15) is 4.79 Å². The van der Waals surface area contributed by atoms with Crippen molar-refractivity contribution in [3.63, 3.8) is 0 Å². The topological polar surface area (TPSA) is 58.1 Å². The maximum atomic E-state index is 12.5. The number of amides is 1. The van der Waals surface area contributed by atoms with Crippen molar-refractivity contribution in [2.45, 2.75) is 46.1 Å². The summed E-state index contributed by atoms with van der Waals surface area (Å²) in [6.45, 7) is 7.98. The fraction of sp³-hybridized carbons (Fsp3) is 0.667. The van der Waals surface area contributed by atoms with Gasteiger partial charge in [-0.15, -0.1) is 10.2 Å². The summed E-state index contributed by atoms with van der Waals surface area (Å²) in [5, 5.41) is 11.2. The molecule has 5 nitrogen and oxygen atoms in total. The zero-order valence-corrected chi connectivity index (χ0v) is 12.6. The smallest absolute Gasteiger partial charge is 0.274 e. The molecule has 1 aromatic rings. The van der Waals surface area contributed by atoms with E-state index in [1.165, 1.54) is 0 Å². The molecule has 0 aliphatic heterocycles. The van der Waals surface area contributed by atoms with E-state index in [4.69, 9.17) is 0 Å². The zero-order valence-electron chi connectivity index (χ0n) is 12.6. The highest BCUT2D eigenvalue weighted by Gasteiger charge is 2.33. The summed E-state index contributed by atoms with van der Waals surface area (Å²) in [7, 11) is 0. The molecule has 1 aromatic heterocycles. The average molecular weight is 276 g/mol. The number of aromatic nitrogens is 2. The van der Waals surface area contributed by atoms with Gasteiger partial charge in [0.2, 0.25) is 0 Å². The first-order valence-electron chi connectivity index (χ1n) is 7.50. The van der Waals surface area contributed by atoms with Gasteiger partial charge in [-0.1, -0.05) is 13.8 Å². The van der Waals surface area contributed by atoms with E-state index in [0.717, 1.165) is 32.4 Å². The van der Waals surface area contributed by atoms with Crippen LogP contribution in [-0.2, 0) is 0 Å². The number of carbonyl (C=O) groups is 1. The van der Waals surface area contributed by atoms with Gasteiger partial charge in [-0.3, -0.25) is 4.79 Å². The van der Waals surface area contributed by atoms with Crippen LogP contribution in [0.15, 0.2) is 12.1 Å². The molecule has 1 amide bonds. The summed E-state index contributed by atoms with van der Waals surface area (Å²) in [6.07, 6.45) is 3.27. The molecule has 0 atom stereocenters. The molecule has 0 spiro atoms. The number of hydrogen-bond acceptors (Lipinski definition) is 4. The second kappa shape index (κ2) is 6.68. The Morgan fingerprint density at radius 1 is 1.40 bits per heavy atom. The highest BCUT2D eigenvalue weighted by Crippen LogP contribution is 2.28. The molecular formula is C15H24N4O. The molecule has 1 aliphatic rings. The molecule has 1 aliphatic carbocycles. The summed E-state index contributed by atoms with van der Waals surface area (Å²) in [5.41, 5.74) is 0.447. The van der Waals surface area contributed by atoms with E-state index >= 15 is 0 Å². The van der Waals surface area contributed by atoms with E-state index in [2.05, 4.69) is 29.4 Å². The minimum Gasteiger partial charge on any atom is -0.369 e. The Morgan fingerprint density at radius 2 is 2.15 bits per heavy atom. The molecule has 0 radical (unpaired) electrons. The molecule has 1 heterocycles. The van der Waals surface area contributed by atoms with Crippen LogP contribution in [0.2, 0.25) is 0 Å². The highest BCUT2D eigenvalue weighted by molar-refractivity contribution is 5.92. The first kappa shape index (κ1) is 14.8. The van der Waals surface area contributed by atoms with Crippen LogP contribution in [0.25, 0.3) is 0 Å². The second-order valence-corrected chi connectivity index (χ2v) is 5.75. The third kappa shape index (κ3) is 3.92. The van der Waals surface area contributed by atoms with Crippen LogP contribution in [0.3, 0.4) is 0 Å². The van der Waals surface area contributed by atoms with Gasteiger partial charge in [0.25, 0.3) is 5.91 Å². The van der Waals surface area contributed by atoms with Crippen molar-refractivity contribution < 1.29 is 4.79 Å². The third-order valence-corrected chi connectivity index (χ3v) is 3.44. The van der Waals surface area contributed by atoms with Crippen LogP contribution in [0, 0.1) is 5.92 Å². The average Bonchev–Trinajstić information content (AvgIpc) is 3.24. The highest BCUT2D eigenvalue weighted by atomic mass is 16.2.